The number of carbonyl (C=O) groups is 1. The van der Waals surface area contributed by atoms with Crippen molar-refractivity contribution in [3.8, 4) is 11.3 Å². The number of hydrogen-bond acceptors (Lipinski definition) is 3. The number of pyridine rings is 1. The van der Waals surface area contributed by atoms with Gasteiger partial charge in [0, 0.05) is 42.9 Å². The van der Waals surface area contributed by atoms with Gasteiger partial charge in [0.15, 0.2) is 0 Å². The molecule has 0 aliphatic heterocycles. The Morgan fingerprint density at radius 2 is 2.00 bits per heavy atom. The average molecular weight is 387 g/mol. The number of carbonyl (C=O) groups excluding carboxylic acids is 1. The average Bonchev–Trinajstić information content (AvgIpc) is 3.08. The molecule has 2 heterocycles. The van der Waals surface area contributed by atoms with Crippen LogP contribution in [0.25, 0.3) is 16.9 Å². The number of benzene rings is 1. The first kappa shape index (κ1) is 19.8. The molecular weight excluding hydrogens is 367 g/mol. The summed E-state index contributed by atoms with van der Waals surface area (Å²) >= 11 is 0. The van der Waals surface area contributed by atoms with E-state index >= 15 is 0 Å². The second-order valence-electron chi connectivity index (χ2n) is 6.63. The summed E-state index contributed by atoms with van der Waals surface area (Å²) in [5.41, 5.74) is 5.04. The van der Waals surface area contributed by atoms with Crippen LogP contribution < -0.4 is 0 Å². The number of Topliss-reactive ketones (excluding diaryl/α,β-unsaturated/α-hetero) is 1. The summed E-state index contributed by atoms with van der Waals surface area (Å²) in [5.74, 6) is -0.424. The summed E-state index contributed by atoms with van der Waals surface area (Å²) in [6, 6.07) is 11.1. The molecule has 2 aromatic heterocycles. The molecule has 0 fully saturated rings. The fraction of sp³-hybridized carbons (Fsp3) is 0.286. The predicted octanol–water partition coefficient (Wildman–Crippen LogP) is 4.89. The lowest BCUT2D eigenvalue weighted by Crippen LogP contribution is -2.12. The molecule has 0 unspecified atom stereocenters. The first-order valence-electron chi connectivity index (χ1n) is 8.85. The van der Waals surface area contributed by atoms with Crippen LogP contribution in [0, 0.1) is 0 Å². The van der Waals surface area contributed by atoms with E-state index in [1.165, 1.54) is 0 Å². The largest absolute Gasteiger partial charge is 0.389 e. The lowest BCUT2D eigenvalue weighted by atomic mass is 10.0. The highest BCUT2D eigenvalue weighted by atomic mass is 19.4. The minimum absolute atomic E-state index is 0.0169. The van der Waals surface area contributed by atoms with Crippen LogP contribution in [-0.4, -0.2) is 34.1 Å². The number of alkyl halides is 3. The highest BCUT2D eigenvalue weighted by Crippen LogP contribution is 2.24. The van der Waals surface area contributed by atoms with Crippen LogP contribution in [0.3, 0.4) is 0 Å². The van der Waals surface area contributed by atoms with E-state index in [0.29, 0.717) is 5.56 Å². The number of aliphatic imine (C=N–C) groups is 1. The molecular formula is C21H20F3N3O. The van der Waals surface area contributed by atoms with Crippen molar-refractivity contribution in [2.75, 3.05) is 7.05 Å². The summed E-state index contributed by atoms with van der Waals surface area (Å²) in [4.78, 5) is 20.5. The monoisotopic (exact) mass is 387 g/mol. The third-order valence-corrected chi connectivity index (χ3v) is 4.58. The minimum Gasteiger partial charge on any atom is -0.300 e. The molecule has 3 rings (SSSR count). The van der Waals surface area contributed by atoms with Gasteiger partial charge in [0.1, 0.15) is 11.4 Å². The number of halogens is 3. The van der Waals surface area contributed by atoms with Crippen molar-refractivity contribution < 1.29 is 18.0 Å². The summed E-state index contributed by atoms with van der Waals surface area (Å²) in [6.45, 7) is 1.93. The maximum atomic E-state index is 12.3. The van der Waals surface area contributed by atoms with Gasteiger partial charge in [-0.25, -0.2) is 4.98 Å². The Labute approximate surface area is 160 Å². The van der Waals surface area contributed by atoms with Gasteiger partial charge in [-0.1, -0.05) is 18.2 Å². The third-order valence-electron chi connectivity index (χ3n) is 4.58. The number of fused-ring (bicyclic) bond motifs is 1. The number of hydrogen-bond donors (Lipinski definition) is 0. The van der Waals surface area contributed by atoms with Crippen molar-refractivity contribution in [1.29, 1.82) is 0 Å². The summed E-state index contributed by atoms with van der Waals surface area (Å²) in [7, 11) is 1.73. The van der Waals surface area contributed by atoms with Gasteiger partial charge in [-0.3, -0.25) is 14.2 Å². The normalized spacial score (nSPS) is 12.5. The topological polar surface area (TPSA) is 46.7 Å². The molecule has 0 atom stereocenters. The molecule has 1 aromatic carbocycles. The van der Waals surface area contributed by atoms with Crippen LogP contribution in [0.1, 0.15) is 30.9 Å². The number of aromatic nitrogens is 2. The molecule has 0 spiro atoms. The molecule has 0 bridgehead atoms. The van der Waals surface area contributed by atoms with Gasteiger partial charge < -0.3 is 0 Å². The van der Waals surface area contributed by atoms with Crippen LogP contribution in [0.4, 0.5) is 13.2 Å². The van der Waals surface area contributed by atoms with Crippen molar-refractivity contribution in [2.24, 2.45) is 4.99 Å². The zero-order valence-electron chi connectivity index (χ0n) is 15.6. The van der Waals surface area contributed by atoms with Gasteiger partial charge in [0.2, 0.25) is 0 Å². The lowest BCUT2D eigenvalue weighted by Gasteiger charge is -2.08. The minimum atomic E-state index is -4.31. The molecule has 0 amide bonds. The van der Waals surface area contributed by atoms with Gasteiger partial charge in [-0.05, 0) is 30.7 Å². The van der Waals surface area contributed by atoms with Crippen LogP contribution in [-0.2, 0) is 11.2 Å². The zero-order chi connectivity index (χ0) is 20.3. The smallest absolute Gasteiger partial charge is 0.300 e. The summed E-state index contributed by atoms with van der Waals surface area (Å²) in [6.07, 6.45) is -2.26. The fourth-order valence-corrected chi connectivity index (χ4v) is 2.99. The maximum Gasteiger partial charge on any atom is 0.389 e. The third kappa shape index (κ3) is 4.65. The molecule has 0 aliphatic carbocycles. The van der Waals surface area contributed by atoms with Gasteiger partial charge >= 0.3 is 6.18 Å². The van der Waals surface area contributed by atoms with E-state index in [0.717, 1.165) is 28.2 Å². The van der Waals surface area contributed by atoms with Crippen LogP contribution >= 0.6 is 0 Å². The molecule has 0 aliphatic rings. The molecule has 28 heavy (non-hydrogen) atoms. The Morgan fingerprint density at radius 1 is 1.21 bits per heavy atom. The van der Waals surface area contributed by atoms with E-state index in [4.69, 9.17) is 0 Å². The van der Waals surface area contributed by atoms with Gasteiger partial charge in [0.05, 0.1) is 18.3 Å². The first-order chi connectivity index (χ1) is 13.3. The van der Waals surface area contributed by atoms with Crippen molar-refractivity contribution in [1.82, 2.24) is 9.38 Å². The molecule has 0 saturated heterocycles. The Balaban J connectivity index is 1.83. The Hall–Kier alpha value is -2.96. The van der Waals surface area contributed by atoms with Gasteiger partial charge in [-0.15, -0.1) is 0 Å². The van der Waals surface area contributed by atoms with E-state index in [2.05, 4.69) is 9.98 Å². The van der Waals surface area contributed by atoms with Crippen LogP contribution in [0.5, 0.6) is 0 Å². The summed E-state index contributed by atoms with van der Waals surface area (Å²) in [5, 5.41) is 0. The maximum absolute atomic E-state index is 12.3. The van der Waals surface area contributed by atoms with Crippen LogP contribution in [0.15, 0.2) is 53.8 Å². The predicted molar refractivity (Wildman–Crippen MR) is 103 cm³/mol. The standard InChI is InChI=1S/C21H20F3N3O/c1-14(25-2)16-7-9-27-19(13-26-20(27)12-16)17-5-3-4-15(10-17)11-18(28)6-8-21(22,23)24/h3-5,7,9-10,12-13H,6,8,11H2,1-2H3. The van der Waals surface area contributed by atoms with Crippen molar-refractivity contribution in [2.45, 2.75) is 32.4 Å². The number of nitrogens with zero attached hydrogens (tertiary/aromatic N) is 3. The van der Waals surface area contributed by atoms with E-state index in [1.807, 2.05) is 41.8 Å². The quantitative estimate of drug-likeness (QED) is 0.565. The fourth-order valence-electron chi connectivity index (χ4n) is 2.99. The summed E-state index contributed by atoms with van der Waals surface area (Å²) < 4.78 is 38.8. The van der Waals surface area contributed by atoms with Crippen LogP contribution in [0.2, 0.25) is 0 Å². The number of imidazole rings is 1. The molecule has 0 N–H and O–H groups in total. The number of ketones is 1. The highest BCUT2D eigenvalue weighted by molar-refractivity contribution is 5.99. The molecule has 146 valence electrons. The van der Waals surface area contributed by atoms with Crippen molar-refractivity contribution in [3.05, 3.63) is 59.9 Å². The lowest BCUT2D eigenvalue weighted by molar-refractivity contribution is -0.143. The molecule has 7 heteroatoms. The molecule has 0 radical (unpaired) electrons. The Bertz CT molecular complexity index is 1030. The van der Waals surface area contributed by atoms with E-state index in [-0.39, 0.29) is 6.42 Å². The molecule has 0 saturated carbocycles. The number of rotatable bonds is 6. The van der Waals surface area contributed by atoms with E-state index in [1.54, 1.807) is 25.4 Å². The molecule has 3 aromatic rings. The van der Waals surface area contributed by atoms with E-state index in [9.17, 15) is 18.0 Å². The second kappa shape index (κ2) is 7.96. The highest BCUT2D eigenvalue weighted by Gasteiger charge is 2.27. The van der Waals surface area contributed by atoms with E-state index < -0.39 is 24.8 Å². The first-order valence-corrected chi connectivity index (χ1v) is 8.85. The van der Waals surface area contributed by atoms with Crippen molar-refractivity contribution >= 4 is 17.1 Å². The second-order valence-corrected chi connectivity index (χ2v) is 6.63. The SMILES string of the molecule is CN=C(C)c1ccn2c(-c3cccc(CC(=O)CCC(F)(F)F)c3)cnc2c1. The Kier molecular flexibility index (Phi) is 5.63. The van der Waals surface area contributed by atoms with Gasteiger partial charge in [-0.2, -0.15) is 13.2 Å². The zero-order valence-corrected chi connectivity index (χ0v) is 15.6. The van der Waals surface area contributed by atoms with Gasteiger partial charge in [0.25, 0.3) is 0 Å². The molecule has 4 nitrogen and oxygen atoms in total. The van der Waals surface area contributed by atoms with Crippen molar-refractivity contribution in [3.63, 3.8) is 0 Å². The Morgan fingerprint density at radius 3 is 2.71 bits per heavy atom.